The van der Waals surface area contributed by atoms with Crippen LogP contribution < -0.4 is 16.0 Å². The SMILES string of the molecule is CCC(OC)C(Cc1ncc(C)c(OC)c1C)NN. The average Bonchev–Trinajstić information content (AvgIpc) is 2.42. The summed E-state index contributed by atoms with van der Waals surface area (Å²) in [6.45, 7) is 6.09. The zero-order valence-corrected chi connectivity index (χ0v) is 12.5. The molecule has 2 unspecified atom stereocenters. The Balaban J connectivity index is 2.97. The topological polar surface area (TPSA) is 69.4 Å². The molecule has 0 saturated heterocycles. The van der Waals surface area contributed by atoms with Gasteiger partial charge in [-0.1, -0.05) is 6.92 Å². The molecule has 1 aromatic heterocycles. The summed E-state index contributed by atoms with van der Waals surface area (Å²) in [6.07, 6.45) is 3.51. The van der Waals surface area contributed by atoms with Gasteiger partial charge in [-0.15, -0.1) is 0 Å². The van der Waals surface area contributed by atoms with Gasteiger partial charge in [-0.25, -0.2) is 0 Å². The smallest absolute Gasteiger partial charge is 0.128 e. The highest BCUT2D eigenvalue weighted by atomic mass is 16.5. The quantitative estimate of drug-likeness (QED) is 0.579. The lowest BCUT2D eigenvalue weighted by atomic mass is 10.00. The van der Waals surface area contributed by atoms with E-state index in [-0.39, 0.29) is 12.1 Å². The van der Waals surface area contributed by atoms with Crippen LogP contribution >= 0.6 is 0 Å². The van der Waals surface area contributed by atoms with Crippen molar-refractivity contribution in [1.82, 2.24) is 10.4 Å². The maximum atomic E-state index is 5.63. The molecule has 108 valence electrons. The van der Waals surface area contributed by atoms with Crippen LogP contribution in [0.3, 0.4) is 0 Å². The fourth-order valence-corrected chi connectivity index (χ4v) is 2.40. The summed E-state index contributed by atoms with van der Waals surface area (Å²) in [7, 11) is 3.39. The summed E-state index contributed by atoms with van der Waals surface area (Å²) in [5, 5.41) is 0. The summed E-state index contributed by atoms with van der Waals surface area (Å²) in [6, 6.07) is 0.0358. The highest BCUT2D eigenvalue weighted by Crippen LogP contribution is 2.25. The molecule has 0 amide bonds. The Morgan fingerprint density at radius 2 is 2.05 bits per heavy atom. The first-order valence-corrected chi connectivity index (χ1v) is 6.56. The third kappa shape index (κ3) is 3.65. The van der Waals surface area contributed by atoms with Crippen LogP contribution in [0.2, 0.25) is 0 Å². The van der Waals surface area contributed by atoms with Gasteiger partial charge in [0, 0.05) is 36.5 Å². The zero-order valence-electron chi connectivity index (χ0n) is 12.5. The van der Waals surface area contributed by atoms with E-state index in [1.54, 1.807) is 14.2 Å². The van der Waals surface area contributed by atoms with E-state index in [9.17, 15) is 0 Å². The number of hydrazine groups is 1. The van der Waals surface area contributed by atoms with Gasteiger partial charge >= 0.3 is 0 Å². The lowest BCUT2D eigenvalue weighted by Gasteiger charge is -2.25. The minimum atomic E-state index is 0.0358. The Bertz CT molecular complexity index is 406. The third-order valence-corrected chi connectivity index (χ3v) is 3.53. The third-order valence-electron chi connectivity index (χ3n) is 3.53. The van der Waals surface area contributed by atoms with Crippen molar-refractivity contribution in [3.8, 4) is 5.75 Å². The molecular formula is C14H25N3O2. The predicted molar refractivity (Wildman–Crippen MR) is 76.2 cm³/mol. The first-order valence-electron chi connectivity index (χ1n) is 6.56. The van der Waals surface area contributed by atoms with Gasteiger partial charge in [0.25, 0.3) is 0 Å². The molecule has 5 heteroatoms. The van der Waals surface area contributed by atoms with Crippen LogP contribution in [0.15, 0.2) is 6.20 Å². The first-order chi connectivity index (χ1) is 9.08. The van der Waals surface area contributed by atoms with E-state index in [0.717, 1.165) is 29.0 Å². The molecule has 0 aliphatic heterocycles. The maximum Gasteiger partial charge on any atom is 0.128 e. The van der Waals surface area contributed by atoms with Crippen molar-refractivity contribution in [2.24, 2.45) is 5.84 Å². The molecule has 0 aliphatic carbocycles. The van der Waals surface area contributed by atoms with Crippen molar-refractivity contribution >= 4 is 0 Å². The Kier molecular flexibility index (Phi) is 6.21. The van der Waals surface area contributed by atoms with Crippen molar-refractivity contribution < 1.29 is 9.47 Å². The predicted octanol–water partition coefficient (Wildman–Crippen LogP) is 1.51. The van der Waals surface area contributed by atoms with Crippen LogP contribution in [-0.2, 0) is 11.2 Å². The van der Waals surface area contributed by atoms with Crippen molar-refractivity contribution in [1.29, 1.82) is 0 Å². The molecule has 0 aliphatic rings. The van der Waals surface area contributed by atoms with E-state index in [1.165, 1.54) is 0 Å². The summed E-state index contributed by atoms with van der Waals surface area (Å²) in [4.78, 5) is 4.49. The number of nitrogens with one attached hydrogen (secondary N) is 1. The molecule has 1 rings (SSSR count). The van der Waals surface area contributed by atoms with Crippen LogP contribution in [0.25, 0.3) is 0 Å². The monoisotopic (exact) mass is 267 g/mol. The molecular weight excluding hydrogens is 242 g/mol. The molecule has 1 aromatic rings. The normalized spacial score (nSPS) is 14.2. The number of methoxy groups -OCH3 is 2. The van der Waals surface area contributed by atoms with Gasteiger partial charge in [-0.3, -0.25) is 16.3 Å². The second-order valence-corrected chi connectivity index (χ2v) is 4.71. The lowest BCUT2D eigenvalue weighted by molar-refractivity contribution is 0.0650. The van der Waals surface area contributed by atoms with Crippen LogP contribution in [0.4, 0.5) is 0 Å². The highest BCUT2D eigenvalue weighted by molar-refractivity contribution is 5.41. The molecule has 3 N–H and O–H groups in total. The summed E-state index contributed by atoms with van der Waals surface area (Å²) >= 11 is 0. The van der Waals surface area contributed by atoms with Gasteiger partial charge in [-0.05, 0) is 20.3 Å². The van der Waals surface area contributed by atoms with Crippen LogP contribution in [0.1, 0.15) is 30.2 Å². The Morgan fingerprint density at radius 1 is 1.37 bits per heavy atom. The largest absolute Gasteiger partial charge is 0.496 e. The number of nitrogens with zero attached hydrogens (tertiary/aromatic N) is 1. The van der Waals surface area contributed by atoms with E-state index in [1.807, 2.05) is 20.0 Å². The molecule has 0 spiro atoms. The van der Waals surface area contributed by atoms with Crippen molar-refractivity contribution in [2.75, 3.05) is 14.2 Å². The molecule has 2 atom stereocenters. The minimum absolute atomic E-state index is 0.0358. The second kappa shape index (κ2) is 7.43. The van der Waals surface area contributed by atoms with Gasteiger partial charge in [0.2, 0.25) is 0 Å². The average molecular weight is 267 g/mol. The summed E-state index contributed by atoms with van der Waals surface area (Å²) in [5.74, 6) is 6.53. The molecule has 0 fully saturated rings. The number of rotatable bonds is 7. The number of hydrogen-bond acceptors (Lipinski definition) is 5. The second-order valence-electron chi connectivity index (χ2n) is 4.71. The first kappa shape index (κ1) is 15.9. The highest BCUT2D eigenvalue weighted by Gasteiger charge is 2.21. The number of pyridine rings is 1. The Hall–Kier alpha value is -1.17. The molecule has 5 nitrogen and oxygen atoms in total. The molecule has 0 saturated carbocycles. The lowest BCUT2D eigenvalue weighted by Crippen LogP contribution is -2.46. The zero-order chi connectivity index (χ0) is 14.4. The molecule has 0 radical (unpaired) electrons. The minimum Gasteiger partial charge on any atom is -0.496 e. The van der Waals surface area contributed by atoms with Gasteiger partial charge < -0.3 is 9.47 Å². The Morgan fingerprint density at radius 3 is 2.53 bits per heavy atom. The summed E-state index contributed by atoms with van der Waals surface area (Å²) in [5.41, 5.74) is 5.92. The maximum absolute atomic E-state index is 5.63. The van der Waals surface area contributed by atoms with Gasteiger partial charge in [0.15, 0.2) is 0 Å². The van der Waals surface area contributed by atoms with Crippen molar-refractivity contribution in [3.63, 3.8) is 0 Å². The fraction of sp³-hybridized carbons (Fsp3) is 0.643. The number of hydrogen-bond donors (Lipinski definition) is 2. The number of aryl methyl sites for hydroxylation is 1. The Labute approximate surface area is 115 Å². The van der Waals surface area contributed by atoms with E-state index in [2.05, 4.69) is 17.3 Å². The van der Waals surface area contributed by atoms with Gasteiger partial charge in [0.05, 0.1) is 19.3 Å². The van der Waals surface area contributed by atoms with Gasteiger partial charge in [0.1, 0.15) is 5.75 Å². The standard InChI is InChI=1S/C14H25N3O2/c1-6-13(18-4)12(17-15)7-11-10(3)14(19-5)9(2)8-16-11/h8,12-13,17H,6-7,15H2,1-5H3. The van der Waals surface area contributed by atoms with Crippen LogP contribution in [0.5, 0.6) is 5.75 Å². The molecule has 19 heavy (non-hydrogen) atoms. The van der Waals surface area contributed by atoms with Gasteiger partial charge in [-0.2, -0.15) is 0 Å². The molecule has 0 bridgehead atoms. The number of ether oxygens (including phenoxy) is 2. The summed E-state index contributed by atoms with van der Waals surface area (Å²) < 4.78 is 10.9. The fourth-order valence-electron chi connectivity index (χ4n) is 2.40. The van der Waals surface area contributed by atoms with Crippen molar-refractivity contribution in [3.05, 3.63) is 23.0 Å². The van der Waals surface area contributed by atoms with E-state index < -0.39 is 0 Å². The van der Waals surface area contributed by atoms with E-state index in [4.69, 9.17) is 15.3 Å². The van der Waals surface area contributed by atoms with E-state index in [0.29, 0.717) is 6.42 Å². The number of aromatic nitrogens is 1. The molecule has 0 aromatic carbocycles. The van der Waals surface area contributed by atoms with E-state index >= 15 is 0 Å². The molecule has 1 heterocycles. The van der Waals surface area contributed by atoms with Crippen LogP contribution in [0, 0.1) is 13.8 Å². The number of nitrogens with two attached hydrogens (primary N) is 1. The van der Waals surface area contributed by atoms with Crippen LogP contribution in [-0.4, -0.2) is 31.3 Å². The van der Waals surface area contributed by atoms with Crippen molar-refractivity contribution in [2.45, 2.75) is 45.8 Å².